The molecule has 0 aromatic heterocycles. The second-order valence-corrected chi connectivity index (χ2v) is 7.96. The second-order valence-electron chi connectivity index (χ2n) is 5.95. The molecule has 0 unspecified atom stereocenters. The van der Waals surface area contributed by atoms with Crippen LogP contribution in [0.1, 0.15) is 22.3 Å². The molecule has 6 nitrogen and oxygen atoms in total. The van der Waals surface area contributed by atoms with Crippen molar-refractivity contribution < 1.29 is 17.9 Å². The van der Waals surface area contributed by atoms with E-state index in [-0.39, 0.29) is 11.7 Å². The zero-order valence-electron chi connectivity index (χ0n) is 14.2. The van der Waals surface area contributed by atoms with E-state index in [4.69, 9.17) is 4.74 Å². The molecule has 1 fully saturated rings. The van der Waals surface area contributed by atoms with Crippen LogP contribution in [0.15, 0.2) is 42.5 Å². The van der Waals surface area contributed by atoms with Crippen molar-refractivity contribution >= 4 is 27.3 Å². The monoisotopic (exact) mass is 360 g/mol. The van der Waals surface area contributed by atoms with Crippen molar-refractivity contribution in [2.75, 3.05) is 29.0 Å². The molecule has 25 heavy (non-hydrogen) atoms. The summed E-state index contributed by atoms with van der Waals surface area (Å²) in [5.74, 6) is 0.338. The molecule has 2 aromatic carbocycles. The van der Waals surface area contributed by atoms with Gasteiger partial charge < -0.3 is 10.1 Å². The lowest BCUT2D eigenvalue weighted by Crippen LogP contribution is -2.25. The van der Waals surface area contributed by atoms with Gasteiger partial charge in [0.25, 0.3) is 5.91 Å². The molecule has 0 spiro atoms. The van der Waals surface area contributed by atoms with E-state index >= 15 is 0 Å². The Morgan fingerprint density at radius 3 is 2.48 bits per heavy atom. The van der Waals surface area contributed by atoms with Gasteiger partial charge in [0.2, 0.25) is 10.0 Å². The second kappa shape index (κ2) is 6.76. The molecule has 1 saturated heterocycles. The van der Waals surface area contributed by atoms with E-state index in [1.54, 1.807) is 30.3 Å². The molecule has 2 aromatic rings. The highest BCUT2D eigenvalue weighted by molar-refractivity contribution is 7.93. The van der Waals surface area contributed by atoms with Crippen LogP contribution in [0.2, 0.25) is 0 Å². The van der Waals surface area contributed by atoms with Crippen molar-refractivity contribution in [2.45, 2.75) is 13.3 Å². The summed E-state index contributed by atoms with van der Waals surface area (Å²) in [4.78, 5) is 12.5. The summed E-state index contributed by atoms with van der Waals surface area (Å²) in [6.07, 6.45) is 0.597. The van der Waals surface area contributed by atoms with Gasteiger partial charge >= 0.3 is 0 Å². The fraction of sp³-hybridized carbons (Fsp3) is 0.278. The first-order chi connectivity index (χ1) is 11.9. The number of amides is 1. The Balaban J connectivity index is 1.90. The Labute approximate surface area is 147 Å². The average Bonchev–Trinajstić information content (AvgIpc) is 2.94. The molecule has 3 rings (SSSR count). The Morgan fingerprint density at radius 2 is 1.88 bits per heavy atom. The predicted octanol–water partition coefficient (Wildman–Crippen LogP) is 2.80. The maximum Gasteiger partial charge on any atom is 0.255 e. The summed E-state index contributed by atoms with van der Waals surface area (Å²) in [5, 5.41) is 2.80. The summed E-state index contributed by atoms with van der Waals surface area (Å²) in [6, 6.07) is 12.2. The third-order valence-electron chi connectivity index (χ3n) is 4.13. The molecule has 1 aliphatic rings. The zero-order chi connectivity index (χ0) is 18.0. The van der Waals surface area contributed by atoms with Gasteiger partial charge in [-0.05, 0) is 43.7 Å². The number of carbonyl (C=O) groups is 1. The van der Waals surface area contributed by atoms with E-state index in [0.717, 1.165) is 5.56 Å². The number of nitrogens with one attached hydrogen (secondary N) is 1. The van der Waals surface area contributed by atoms with E-state index < -0.39 is 10.0 Å². The fourth-order valence-corrected chi connectivity index (χ4v) is 4.33. The number of rotatable bonds is 4. The number of aryl methyl sites for hydroxylation is 1. The summed E-state index contributed by atoms with van der Waals surface area (Å²) in [7, 11) is -1.78. The molecule has 0 aliphatic carbocycles. The van der Waals surface area contributed by atoms with Gasteiger partial charge in [0.05, 0.1) is 24.2 Å². The smallest absolute Gasteiger partial charge is 0.255 e. The Bertz CT molecular complexity index is 892. The molecule has 7 heteroatoms. The van der Waals surface area contributed by atoms with Crippen molar-refractivity contribution in [3.63, 3.8) is 0 Å². The lowest BCUT2D eigenvalue weighted by atomic mass is 10.1. The molecule has 0 atom stereocenters. The number of hydrogen-bond acceptors (Lipinski definition) is 4. The van der Waals surface area contributed by atoms with Gasteiger partial charge in [0, 0.05) is 12.1 Å². The molecule has 1 heterocycles. The van der Waals surface area contributed by atoms with Crippen LogP contribution in [-0.4, -0.2) is 33.7 Å². The van der Waals surface area contributed by atoms with Gasteiger partial charge in [-0.25, -0.2) is 8.42 Å². The van der Waals surface area contributed by atoms with Crippen LogP contribution in [0, 0.1) is 6.92 Å². The molecular formula is C18H20N2O4S. The van der Waals surface area contributed by atoms with Crippen LogP contribution in [-0.2, 0) is 10.0 Å². The van der Waals surface area contributed by atoms with Crippen LogP contribution in [0.4, 0.5) is 11.4 Å². The molecule has 0 radical (unpaired) electrons. The van der Waals surface area contributed by atoms with Gasteiger partial charge in [-0.1, -0.05) is 17.7 Å². The van der Waals surface area contributed by atoms with Gasteiger partial charge in [-0.15, -0.1) is 0 Å². The summed E-state index contributed by atoms with van der Waals surface area (Å²) >= 11 is 0. The minimum absolute atomic E-state index is 0.143. The first-order valence-corrected chi connectivity index (χ1v) is 9.58. The minimum atomic E-state index is -3.28. The SMILES string of the molecule is COc1ccc(N2CCCS2(=O)=O)cc1NC(=O)c1ccc(C)cc1. The molecular weight excluding hydrogens is 340 g/mol. The summed E-state index contributed by atoms with van der Waals surface area (Å²) in [5.41, 5.74) is 2.55. The molecule has 0 bridgehead atoms. The topological polar surface area (TPSA) is 75.7 Å². The highest BCUT2D eigenvalue weighted by atomic mass is 32.2. The standard InChI is InChI=1S/C18H20N2O4S/c1-13-4-6-14(7-5-13)18(21)19-16-12-15(8-9-17(16)24-2)20-10-3-11-25(20,22)23/h4-9,12H,3,10-11H2,1-2H3,(H,19,21). The van der Waals surface area contributed by atoms with Crippen LogP contribution in [0.5, 0.6) is 5.75 Å². The number of hydrogen-bond donors (Lipinski definition) is 1. The van der Waals surface area contributed by atoms with Gasteiger partial charge in [-0.2, -0.15) is 0 Å². The predicted molar refractivity (Wildman–Crippen MR) is 97.9 cm³/mol. The van der Waals surface area contributed by atoms with Gasteiger partial charge in [0.1, 0.15) is 5.75 Å². The Morgan fingerprint density at radius 1 is 1.16 bits per heavy atom. The van der Waals surface area contributed by atoms with Crippen LogP contribution < -0.4 is 14.4 Å². The Kier molecular flexibility index (Phi) is 4.67. The maximum absolute atomic E-state index is 12.5. The number of benzene rings is 2. The largest absolute Gasteiger partial charge is 0.495 e. The van der Waals surface area contributed by atoms with Crippen molar-refractivity contribution in [3.05, 3.63) is 53.6 Å². The average molecular weight is 360 g/mol. The maximum atomic E-state index is 12.5. The fourth-order valence-electron chi connectivity index (χ4n) is 2.78. The summed E-state index contributed by atoms with van der Waals surface area (Å²) in [6.45, 7) is 2.39. The van der Waals surface area contributed by atoms with Crippen molar-refractivity contribution in [3.8, 4) is 5.75 Å². The third-order valence-corrected chi connectivity index (χ3v) is 6.00. The van der Waals surface area contributed by atoms with Crippen LogP contribution in [0.3, 0.4) is 0 Å². The van der Waals surface area contributed by atoms with Gasteiger partial charge in [-0.3, -0.25) is 9.10 Å². The number of methoxy groups -OCH3 is 1. The van der Waals surface area contributed by atoms with Crippen molar-refractivity contribution in [2.24, 2.45) is 0 Å². The third kappa shape index (κ3) is 3.61. The molecule has 1 amide bonds. The van der Waals surface area contributed by atoms with E-state index in [2.05, 4.69) is 5.32 Å². The molecule has 1 aliphatic heterocycles. The van der Waals surface area contributed by atoms with E-state index in [1.807, 2.05) is 19.1 Å². The first kappa shape index (κ1) is 17.3. The highest BCUT2D eigenvalue weighted by Crippen LogP contribution is 2.33. The molecule has 1 N–H and O–H groups in total. The normalized spacial score (nSPS) is 15.8. The van der Waals surface area contributed by atoms with Crippen molar-refractivity contribution in [1.82, 2.24) is 0 Å². The minimum Gasteiger partial charge on any atom is -0.495 e. The summed E-state index contributed by atoms with van der Waals surface area (Å²) < 4.78 is 30.9. The van der Waals surface area contributed by atoms with E-state index in [9.17, 15) is 13.2 Å². The lowest BCUT2D eigenvalue weighted by Gasteiger charge is -2.19. The van der Waals surface area contributed by atoms with E-state index in [1.165, 1.54) is 11.4 Å². The number of nitrogens with zero attached hydrogens (tertiary/aromatic N) is 1. The van der Waals surface area contributed by atoms with Crippen LogP contribution in [0.25, 0.3) is 0 Å². The van der Waals surface area contributed by atoms with Crippen molar-refractivity contribution in [1.29, 1.82) is 0 Å². The highest BCUT2D eigenvalue weighted by Gasteiger charge is 2.29. The molecule has 0 saturated carbocycles. The number of ether oxygens (including phenoxy) is 1. The molecule has 132 valence electrons. The quantitative estimate of drug-likeness (QED) is 0.910. The Hall–Kier alpha value is -2.54. The number of anilines is 2. The number of sulfonamides is 1. The number of carbonyl (C=O) groups excluding carboxylic acids is 1. The van der Waals surface area contributed by atoms with Gasteiger partial charge in [0.15, 0.2) is 0 Å². The lowest BCUT2D eigenvalue weighted by molar-refractivity contribution is 0.102. The van der Waals surface area contributed by atoms with E-state index in [0.29, 0.717) is 35.7 Å². The first-order valence-electron chi connectivity index (χ1n) is 7.97. The zero-order valence-corrected chi connectivity index (χ0v) is 15.0. The van der Waals surface area contributed by atoms with Crippen LogP contribution >= 0.6 is 0 Å².